The van der Waals surface area contributed by atoms with Crippen LogP contribution in [0.15, 0.2) is 0 Å². The van der Waals surface area contributed by atoms with Gasteiger partial charge in [0.1, 0.15) is 0 Å². The minimum atomic E-state index is -0.308. The lowest BCUT2D eigenvalue weighted by Gasteiger charge is -2.39. The van der Waals surface area contributed by atoms with Gasteiger partial charge < -0.3 is 15.0 Å². The van der Waals surface area contributed by atoms with E-state index in [9.17, 15) is 9.59 Å². The smallest absolute Gasteiger partial charge is 0.409 e. The highest BCUT2D eigenvalue weighted by Gasteiger charge is 2.33. The van der Waals surface area contributed by atoms with Crippen molar-refractivity contribution in [3.05, 3.63) is 0 Å². The molecule has 21 heavy (non-hydrogen) atoms. The lowest BCUT2D eigenvalue weighted by Crippen LogP contribution is -2.53. The number of carbonyl (C=O) groups is 2. The molecule has 1 fully saturated rings. The molecule has 0 bridgehead atoms. The summed E-state index contributed by atoms with van der Waals surface area (Å²) in [5, 5.41) is 3.05. The first-order chi connectivity index (χ1) is 9.62. The van der Waals surface area contributed by atoms with E-state index in [1.54, 1.807) is 4.90 Å². The maximum absolute atomic E-state index is 11.9. The lowest BCUT2D eigenvalue weighted by atomic mass is 9.80. The van der Waals surface area contributed by atoms with Gasteiger partial charge in [0.05, 0.1) is 7.11 Å². The average Bonchev–Trinajstić information content (AvgIpc) is 2.35. The van der Waals surface area contributed by atoms with Gasteiger partial charge in [-0.15, -0.1) is 0 Å². The fourth-order valence-electron chi connectivity index (χ4n) is 2.97. The Morgan fingerprint density at radius 3 is 2.38 bits per heavy atom. The van der Waals surface area contributed by atoms with Gasteiger partial charge in [-0.25, -0.2) is 4.79 Å². The third kappa shape index (κ3) is 5.94. The molecule has 0 aromatic rings. The molecule has 2 amide bonds. The predicted molar refractivity (Wildman–Crippen MR) is 82.9 cm³/mol. The number of carbonyl (C=O) groups excluding carboxylic acids is 2. The van der Waals surface area contributed by atoms with Crippen molar-refractivity contribution >= 4 is 12.0 Å². The van der Waals surface area contributed by atoms with Crippen molar-refractivity contribution in [1.29, 1.82) is 0 Å². The first-order valence-electron chi connectivity index (χ1n) is 7.75. The first-order valence-corrected chi connectivity index (χ1v) is 7.75. The molecule has 5 heteroatoms. The van der Waals surface area contributed by atoms with E-state index in [1.807, 2.05) is 13.8 Å². The molecule has 0 radical (unpaired) electrons. The summed E-state index contributed by atoms with van der Waals surface area (Å²) in [6, 6.07) is 0.0140. The monoisotopic (exact) mass is 298 g/mol. The van der Waals surface area contributed by atoms with E-state index in [2.05, 4.69) is 26.1 Å². The number of nitrogens with zero attached hydrogens (tertiary/aromatic N) is 1. The molecule has 0 aliphatic carbocycles. The molecule has 1 N–H and O–H groups in total. The van der Waals surface area contributed by atoms with Gasteiger partial charge in [0.25, 0.3) is 0 Å². The van der Waals surface area contributed by atoms with Crippen LogP contribution in [0.25, 0.3) is 0 Å². The second kappa shape index (κ2) is 7.14. The number of amides is 2. The average molecular weight is 298 g/mol. The van der Waals surface area contributed by atoms with E-state index in [4.69, 9.17) is 4.74 Å². The van der Waals surface area contributed by atoms with Crippen molar-refractivity contribution in [1.82, 2.24) is 10.2 Å². The van der Waals surface area contributed by atoms with E-state index in [0.717, 1.165) is 12.8 Å². The Labute approximate surface area is 128 Å². The van der Waals surface area contributed by atoms with Gasteiger partial charge in [-0.3, -0.25) is 4.79 Å². The minimum absolute atomic E-state index is 0.0140. The molecule has 2 unspecified atom stereocenters. The van der Waals surface area contributed by atoms with Crippen LogP contribution >= 0.6 is 0 Å². The Balaban J connectivity index is 2.74. The molecule has 0 spiro atoms. The van der Waals surface area contributed by atoms with Crippen LogP contribution in [-0.2, 0) is 9.53 Å². The number of rotatable bonds is 3. The maximum Gasteiger partial charge on any atom is 0.409 e. The zero-order valence-corrected chi connectivity index (χ0v) is 14.2. The topological polar surface area (TPSA) is 58.6 Å². The Kier molecular flexibility index (Phi) is 6.05. The second-order valence-electron chi connectivity index (χ2n) is 7.60. The molecule has 1 rings (SSSR count). The van der Waals surface area contributed by atoms with Crippen LogP contribution in [-0.4, -0.2) is 43.1 Å². The van der Waals surface area contributed by atoms with E-state index < -0.39 is 0 Å². The summed E-state index contributed by atoms with van der Waals surface area (Å²) in [6.45, 7) is 11.6. The quantitative estimate of drug-likeness (QED) is 0.871. The summed E-state index contributed by atoms with van der Waals surface area (Å²) in [5.74, 6) is 0.385. The summed E-state index contributed by atoms with van der Waals surface area (Å²) in [6.07, 6.45) is 1.63. The number of ether oxygens (including phenoxy) is 1. The summed E-state index contributed by atoms with van der Waals surface area (Å²) in [4.78, 5) is 25.5. The summed E-state index contributed by atoms with van der Waals surface area (Å²) in [5.41, 5.74) is 0.205. The Hall–Kier alpha value is -1.26. The van der Waals surface area contributed by atoms with Gasteiger partial charge >= 0.3 is 6.09 Å². The van der Waals surface area contributed by atoms with Gasteiger partial charge in [0.2, 0.25) is 5.91 Å². The summed E-state index contributed by atoms with van der Waals surface area (Å²) in [7, 11) is 1.40. The van der Waals surface area contributed by atoms with Crippen LogP contribution in [0.3, 0.4) is 0 Å². The van der Waals surface area contributed by atoms with Crippen molar-refractivity contribution in [2.24, 2.45) is 17.3 Å². The first kappa shape index (κ1) is 17.8. The normalized spacial score (nSPS) is 23.1. The standard InChI is InChI=1S/C16H30N2O3/c1-11(2)14(19)17-13-7-12(8-16(3,4)5)9-18(10-13)15(20)21-6/h11-13H,7-10H2,1-6H3,(H,17,19). The van der Waals surface area contributed by atoms with Crippen LogP contribution < -0.4 is 5.32 Å². The lowest BCUT2D eigenvalue weighted by molar-refractivity contribution is -0.125. The van der Waals surface area contributed by atoms with Gasteiger partial charge in [-0.1, -0.05) is 34.6 Å². The van der Waals surface area contributed by atoms with E-state index in [0.29, 0.717) is 19.0 Å². The van der Waals surface area contributed by atoms with Crippen LogP contribution in [0.1, 0.15) is 47.5 Å². The molecular weight excluding hydrogens is 268 g/mol. The third-order valence-corrected chi connectivity index (χ3v) is 3.74. The van der Waals surface area contributed by atoms with Crippen molar-refractivity contribution in [3.8, 4) is 0 Å². The molecule has 0 aromatic carbocycles. The van der Waals surface area contributed by atoms with Gasteiger partial charge in [-0.05, 0) is 24.2 Å². The van der Waals surface area contributed by atoms with E-state index in [1.165, 1.54) is 7.11 Å². The fourth-order valence-corrected chi connectivity index (χ4v) is 2.97. The highest BCUT2D eigenvalue weighted by molar-refractivity contribution is 5.78. The third-order valence-electron chi connectivity index (χ3n) is 3.74. The number of hydrogen-bond acceptors (Lipinski definition) is 3. The molecule has 5 nitrogen and oxygen atoms in total. The predicted octanol–water partition coefficient (Wildman–Crippen LogP) is 2.65. The van der Waals surface area contributed by atoms with E-state index >= 15 is 0 Å². The summed E-state index contributed by atoms with van der Waals surface area (Å²) >= 11 is 0. The molecule has 1 aliphatic rings. The van der Waals surface area contributed by atoms with Crippen LogP contribution in [0.5, 0.6) is 0 Å². The Bertz CT molecular complexity index is 374. The highest BCUT2D eigenvalue weighted by Crippen LogP contribution is 2.30. The SMILES string of the molecule is COC(=O)N1CC(CC(C)(C)C)CC(NC(=O)C(C)C)C1. The number of piperidine rings is 1. The molecule has 0 aromatic heterocycles. The molecule has 0 saturated carbocycles. The van der Waals surface area contributed by atoms with Gasteiger partial charge in [0, 0.05) is 25.0 Å². The number of hydrogen-bond donors (Lipinski definition) is 1. The largest absolute Gasteiger partial charge is 0.453 e. The molecule has 122 valence electrons. The van der Waals surface area contributed by atoms with Crippen molar-refractivity contribution < 1.29 is 14.3 Å². The maximum atomic E-state index is 11.9. The van der Waals surface area contributed by atoms with Crippen LogP contribution in [0, 0.1) is 17.3 Å². The number of nitrogens with one attached hydrogen (secondary N) is 1. The number of likely N-dealkylation sites (tertiary alicyclic amines) is 1. The molecule has 2 atom stereocenters. The summed E-state index contributed by atoms with van der Waals surface area (Å²) < 4.78 is 4.84. The zero-order chi connectivity index (χ0) is 16.2. The molecular formula is C16H30N2O3. The van der Waals surface area contributed by atoms with Gasteiger partial charge in [-0.2, -0.15) is 0 Å². The van der Waals surface area contributed by atoms with Crippen molar-refractivity contribution in [3.63, 3.8) is 0 Å². The number of methoxy groups -OCH3 is 1. The molecule has 1 heterocycles. The molecule has 1 saturated heterocycles. The van der Waals surface area contributed by atoms with E-state index in [-0.39, 0.29) is 29.4 Å². The van der Waals surface area contributed by atoms with Crippen LogP contribution in [0.2, 0.25) is 0 Å². The molecule has 1 aliphatic heterocycles. The van der Waals surface area contributed by atoms with Gasteiger partial charge in [0.15, 0.2) is 0 Å². The Morgan fingerprint density at radius 2 is 1.90 bits per heavy atom. The van der Waals surface area contributed by atoms with Crippen molar-refractivity contribution in [2.45, 2.75) is 53.5 Å². The fraction of sp³-hybridized carbons (Fsp3) is 0.875. The minimum Gasteiger partial charge on any atom is -0.453 e. The zero-order valence-electron chi connectivity index (χ0n) is 14.2. The Morgan fingerprint density at radius 1 is 1.29 bits per heavy atom. The van der Waals surface area contributed by atoms with Crippen molar-refractivity contribution in [2.75, 3.05) is 20.2 Å². The van der Waals surface area contributed by atoms with Crippen LogP contribution in [0.4, 0.5) is 4.79 Å². The second-order valence-corrected chi connectivity index (χ2v) is 7.60. The highest BCUT2D eigenvalue weighted by atomic mass is 16.5.